The lowest BCUT2D eigenvalue weighted by atomic mass is 10.4. The highest BCUT2D eigenvalue weighted by atomic mass is 79.9. The van der Waals surface area contributed by atoms with Crippen LogP contribution in [0.4, 0.5) is 10.1 Å². The van der Waals surface area contributed by atoms with Gasteiger partial charge in [0.1, 0.15) is 4.90 Å². The SMILES string of the molecule is O=S(=O)(Nc1ccc(F)nc1)c1ccccc1Br. The normalized spacial score (nSPS) is 11.2. The molecule has 1 heterocycles. The van der Waals surface area contributed by atoms with Gasteiger partial charge in [-0.25, -0.2) is 13.4 Å². The molecule has 94 valence electrons. The van der Waals surface area contributed by atoms with Gasteiger partial charge < -0.3 is 0 Å². The molecule has 1 aromatic heterocycles. The maximum absolute atomic E-state index is 12.6. The highest BCUT2D eigenvalue weighted by molar-refractivity contribution is 9.10. The van der Waals surface area contributed by atoms with Crippen molar-refractivity contribution in [2.75, 3.05) is 4.72 Å². The Labute approximate surface area is 112 Å². The molecule has 0 saturated carbocycles. The predicted octanol–water partition coefficient (Wildman–Crippen LogP) is 2.78. The second kappa shape index (κ2) is 5.03. The minimum Gasteiger partial charge on any atom is -0.278 e. The molecule has 0 fully saturated rings. The fourth-order valence-corrected chi connectivity index (χ4v) is 3.36. The molecule has 7 heteroatoms. The lowest BCUT2D eigenvalue weighted by Gasteiger charge is -2.08. The van der Waals surface area contributed by atoms with Gasteiger partial charge in [0.2, 0.25) is 5.95 Å². The summed E-state index contributed by atoms with van der Waals surface area (Å²) in [5.41, 5.74) is 0.201. The standard InChI is InChI=1S/C11H8BrFN2O2S/c12-9-3-1-2-4-10(9)18(16,17)15-8-5-6-11(13)14-7-8/h1-7,15H. The minimum atomic E-state index is -3.72. The molecule has 0 unspecified atom stereocenters. The van der Waals surface area contributed by atoms with E-state index in [1.807, 2.05) is 0 Å². The van der Waals surface area contributed by atoms with Crippen molar-refractivity contribution in [3.63, 3.8) is 0 Å². The lowest BCUT2D eigenvalue weighted by molar-refractivity contribution is 0.583. The smallest absolute Gasteiger partial charge is 0.263 e. The summed E-state index contributed by atoms with van der Waals surface area (Å²) < 4.78 is 39.5. The molecule has 18 heavy (non-hydrogen) atoms. The molecule has 0 amide bonds. The molecule has 0 bridgehead atoms. The summed E-state index contributed by atoms with van der Waals surface area (Å²) >= 11 is 3.16. The molecule has 4 nitrogen and oxygen atoms in total. The summed E-state index contributed by atoms with van der Waals surface area (Å²) in [6, 6.07) is 8.79. The molecule has 0 aliphatic carbocycles. The van der Waals surface area contributed by atoms with E-state index in [4.69, 9.17) is 0 Å². The van der Waals surface area contributed by atoms with Crippen molar-refractivity contribution in [2.45, 2.75) is 4.90 Å². The molecular formula is C11H8BrFN2O2S. The molecule has 1 N–H and O–H groups in total. The molecular weight excluding hydrogens is 323 g/mol. The van der Waals surface area contributed by atoms with E-state index in [9.17, 15) is 12.8 Å². The average molecular weight is 331 g/mol. The number of nitrogens with zero attached hydrogens (tertiary/aromatic N) is 1. The predicted molar refractivity (Wildman–Crippen MR) is 69.1 cm³/mol. The zero-order valence-electron chi connectivity index (χ0n) is 8.97. The van der Waals surface area contributed by atoms with Gasteiger partial charge in [-0.05, 0) is 40.2 Å². The monoisotopic (exact) mass is 330 g/mol. The van der Waals surface area contributed by atoms with Crippen LogP contribution < -0.4 is 4.72 Å². The lowest BCUT2D eigenvalue weighted by Crippen LogP contribution is -2.13. The molecule has 0 atom stereocenters. The van der Waals surface area contributed by atoms with Gasteiger partial charge in [0.25, 0.3) is 10.0 Å². The van der Waals surface area contributed by atoms with Crippen LogP contribution in [0.2, 0.25) is 0 Å². The van der Waals surface area contributed by atoms with Crippen LogP contribution in [0.5, 0.6) is 0 Å². The van der Waals surface area contributed by atoms with Crippen LogP contribution in [0.25, 0.3) is 0 Å². The second-order valence-corrected chi connectivity index (χ2v) is 5.91. The third kappa shape index (κ3) is 2.85. The van der Waals surface area contributed by atoms with Crippen molar-refractivity contribution >= 4 is 31.6 Å². The fraction of sp³-hybridized carbons (Fsp3) is 0. The number of benzene rings is 1. The Morgan fingerprint density at radius 1 is 1.17 bits per heavy atom. The Morgan fingerprint density at radius 3 is 2.50 bits per heavy atom. The number of hydrogen-bond acceptors (Lipinski definition) is 3. The van der Waals surface area contributed by atoms with E-state index in [-0.39, 0.29) is 10.6 Å². The van der Waals surface area contributed by atoms with Crippen molar-refractivity contribution in [3.8, 4) is 0 Å². The molecule has 2 aromatic rings. The van der Waals surface area contributed by atoms with Gasteiger partial charge >= 0.3 is 0 Å². The summed E-state index contributed by atoms with van der Waals surface area (Å²) in [4.78, 5) is 3.48. The average Bonchev–Trinajstić information content (AvgIpc) is 2.32. The Kier molecular flexibility index (Phi) is 3.63. The molecule has 0 spiro atoms. The molecule has 1 aromatic carbocycles. The molecule has 0 radical (unpaired) electrons. The van der Waals surface area contributed by atoms with Gasteiger partial charge in [0.05, 0.1) is 11.9 Å². The number of sulfonamides is 1. The van der Waals surface area contributed by atoms with Gasteiger partial charge in [0, 0.05) is 4.47 Å². The summed E-state index contributed by atoms with van der Waals surface area (Å²) in [7, 11) is -3.72. The second-order valence-electron chi connectivity index (χ2n) is 3.41. The van der Waals surface area contributed by atoms with E-state index in [0.717, 1.165) is 12.3 Å². The van der Waals surface area contributed by atoms with Crippen LogP contribution in [-0.4, -0.2) is 13.4 Å². The van der Waals surface area contributed by atoms with Crippen molar-refractivity contribution in [2.24, 2.45) is 0 Å². The van der Waals surface area contributed by atoms with Crippen LogP contribution >= 0.6 is 15.9 Å². The summed E-state index contributed by atoms with van der Waals surface area (Å²) in [5, 5.41) is 0. The summed E-state index contributed by atoms with van der Waals surface area (Å²) in [6.45, 7) is 0. The first-order valence-electron chi connectivity index (χ1n) is 4.88. The number of hydrogen-bond donors (Lipinski definition) is 1. The van der Waals surface area contributed by atoms with Crippen LogP contribution in [0, 0.1) is 5.95 Å². The third-order valence-electron chi connectivity index (χ3n) is 2.11. The summed E-state index contributed by atoms with van der Waals surface area (Å²) in [6.07, 6.45) is 1.11. The van der Waals surface area contributed by atoms with Crippen molar-refractivity contribution < 1.29 is 12.8 Å². The van der Waals surface area contributed by atoms with Gasteiger partial charge in [-0.2, -0.15) is 4.39 Å². The van der Waals surface area contributed by atoms with Crippen molar-refractivity contribution in [3.05, 3.63) is 53.0 Å². The Bertz CT molecular complexity index is 659. The number of halogens is 2. The van der Waals surface area contributed by atoms with Gasteiger partial charge in [-0.1, -0.05) is 12.1 Å². The minimum absolute atomic E-state index is 0.106. The Balaban J connectivity index is 2.33. The Hall–Kier alpha value is -1.47. The largest absolute Gasteiger partial charge is 0.278 e. The van der Waals surface area contributed by atoms with Crippen LogP contribution in [-0.2, 0) is 10.0 Å². The molecule has 0 aliphatic heterocycles. The number of pyridine rings is 1. The van der Waals surface area contributed by atoms with E-state index < -0.39 is 16.0 Å². The van der Waals surface area contributed by atoms with Gasteiger partial charge in [-0.15, -0.1) is 0 Å². The van der Waals surface area contributed by atoms with E-state index in [2.05, 4.69) is 25.6 Å². The highest BCUT2D eigenvalue weighted by Gasteiger charge is 2.17. The van der Waals surface area contributed by atoms with Gasteiger partial charge in [-0.3, -0.25) is 4.72 Å². The van der Waals surface area contributed by atoms with Crippen LogP contribution in [0.1, 0.15) is 0 Å². The quantitative estimate of drug-likeness (QED) is 0.880. The van der Waals surface area contributed by atoms with Crippen LogP contribution in [0.15, 0.2) is 52.0 Å². The molecule has 0 aliphatic rings. The van der Waals surface area contributed by atoms with Gasteiger partial charge in [0.15, 0.2) is 0 Å². The maximum Gasteiger partial charge on any atom is 0.263 e. The number of aromatic nitrogens is 1. The fourth-order valence-electron chi connectivity index (χ4n) is 1.31. The first-order chi connectivity index (χ1) is 8.49. The highest BCUT2D eigenvalue weighted by Crippen LogP contribution is 2.23. The first-order valence-corrected chi connectivity index (χ1v) is 7.15. The van der Waals surface area contributed by atoms with Crippen LogP contribution in [0.3, 0.4) is 0 Å². The number of anilines is 1. The Morgan fingerprint density at radius 2 is 1.89 bits per heavy atom. The number of rotatable bonds is 3. The summed E-state index contributed by atoms with van der Waals surface area (Å²) in [5.74, 6) is -0.668. The van der Waals surface area contributed by atoms with E-state index in [1.165, 1.54) is 12.1 Å². The van der Waals surface area contributed by atoms with Crippen molar-refractivity contribution in [1.82, 2.24) is 4.98 Å². The van der Waals surface area contributed by atoms with E-state index >= 15 is 0 Å². The zero-order valence-corrected chi connectivity index (χ0v) is 11.4. The maximum atomic E-state index is 12.6. The van der Waals surface area contributed by atoms with Crippen molar-refractivity contribution in [1.29, 1.82) is 0 Å². The molecule has 2 rings (SSSR count). The van der Waals surface area contributed by atoms with E-state index in [1.54, 1.807) is 18.2 Å². The molecule has 0 saturated heterocycles. The van der Waals surface area contributed by atoms with E-state index in [0.29, 0.717) is 4.47 Å². The first kappa shape index (κ1) is 13.0. The topological polar surface area (TPSA) is 59.1 Å². The zero-order chi connectivity index (χ0) is 13.2. The number of nitrogens with one attached hydrogen (secondary N) is 1. The third-order valence-corrected chi connectivity index (χ3v) is 4.50.